The quantitative estimate of drug-likeness (QED) is 0.416. The van der Waals surface area contributed by atoms with Crippen LogP contribution in [0.4, 0.5) is 0 Å². The minimum Gasteiger partial charge on any atom is -0.494 e. The smallest absolute Gasteiger partial charge is 0.218 e. The first kappa shape index (κ1) is 24.6. The van der Waals surface area contributed by atoms with Gasteiger partial charge in [-0.2, -0.15) is 0 Å². The van der Waals surface area contributed by atoms with Crippen molar-refractivity contribution in [3.05, 3.63) is 83.0 Å². The van der Waals surface area contributed by atoms with E-state index in [1.54, 1.807) is 0 Å². The van der Waals surface area contributed by atoms with Gasteiger partial charge in [-0.1, -0.05) is 43.2 Å². The van der Waals surface area contributed by atoms with E-state index in [1.807, 2.05) is 67.6 Å². The highest BCUT2D eigenvalue weighted by molar-refractivity contribution is 5.50. The number of hydrogen-bond acceptors (Lipinski definition) is 6. The molecule has 6 heteroatoms. The second kappa shape index (κ2) is 12.8. The van der Waals surface area contributed by atoms with Gasteiger partial charge in [0.15, 0.2) is 0 Å². The third-order valence-corrected chi connectivity index (χ3v) is 5.44. The summed E-state index contributed by atoms with van der Waals surface area (Å²) in [6.07, 6.45) is 0.605. The Morgan fingerprint density at radius 3 is 2.49 bits per heavy atom. The molecule has 2 heterocycles. The number of pyridine rings is 1. The second-order valence-electron chi connectivity index (χ2n) is 8.00. The van der Waals surface area contributed by atoms with E-state index in [1.165, 1.54) is 0 Å². The van der Waals surface area contributed by atoms with Crippen molar-refractivity contribution >= 4 is 0 Å². The Morgan fingerprint density at radius 1 is 0.943 bits per heavy atom. The molecule has 4 rings (SSSR count). The molecule has 0 saturated carbocycles. The lowest BCUT2D eigenvalue weighted by Crippen LogP contribution is -2.33. The molecule has 0 amide bonds. The summed E-state index contributed by atoms with van der Waals surface area (Å²) in [5.41, 5.74) is 3.55. The third kappa shape index (κ3) is 7.22. The van der Waals surface area contributed by atoms with E-state index in [4.69, 9.17) is 28.7 Å². The molecular formula is C29H31NO5. The molecule has 2 aromatic carbocycles. The largest absolute Gasteiger partial charge is 0.494 e. The van der Waals surface area contributed by atoms with Gasteiger partial charge in [0.1, 0.15) is 36.5 Å². The van der Waals surface area contributed by atoms with Crippen molar-refractivity contribution in [2.24, 2.45) is 0 Å². The molecule has 35 heavy (non-hydrogen) atoms. The topological polar surface area (TPSA) is 59.0 Å². The summed E-state index contributed by atoms with van der Waals surface area (Å²) in [5.74, 6) is 8.45. The van der Waals surface area contributed by atoms with Gasteiger partial charge >= 0.3 is 0 Å². The Balaban J connectivity index is 1.59. The van der Waals surface area contributed by atoms with Crippen molar-refractivity contribution < 1.29 is 23.7 Å². The van der Waals surface area contributed by atoms with E-state index in [0.717, 1.165) is 34.6 Å². The van der Waals surface area contributed by atoms with Crippen molar-refractivity contribution in [1.29, 1.82) is 0 Å². The average molecular weight is 474 g/mol. The lowest BCUT2D eigenvalue weighted by Gasteiger charge is -2.23. The van der Waals surface area contributed by atoms with E-state index in [9.17, 15) is 0 Å². The Kier molecular flexibility index (Phi) is 8.99. The fourth-order valence-corrected chi connectivity index (χ4v) is 3.65. The second-order valence-corrected chi connectivity index (χ2v) is 8.00. The average Bonchev–Trinajstić information content (AvgIpc) is 2.91. The van der Waals surface area contributed by atoms with Gasteiger partial charge in [0.2, 0.25) is 5.88 Å². The molecule has 1 saturated heterocycles. The highest BCUT2D eigenvalue weighted by atomic mass is 16.6. The fraction of sp³-hybridized carbons (Fsp3) is 0.345. The monoisotopic (exact) mass is 473 g/mol. The van der Waals surface area contributed by atoms with E-state index in [0.29, 0.717) is 51.2 Å². The molecule has 3 aromatic rings. The molecule has 1 aliphatic heterocycles. The van der Waals surface area contributed by atoms with Crippen molar-refractivity contribution in [3.8, 4) is 29.2 Å². The predicted octanol–water partition coefficient (Wildman–Crippen LogP) is 4.82. The zero-order valence-corrected chi connectivity index (χ0v) is 20.3. The van der Waals surface area contributed by atoms with Crippen LogP contribution in [0, 0.1) is 11.8 Å². The summed E-state index contributed by atoms with van der Waals surface area (Å²) in [4.78, 5) is 4.71. The summed E-state index contributed by atoms with van der Waals surface area (Å²) in [6.45, 7) is 7.15. The zero-order chi connectivity index (χ0) is 24.3. The van der Waals surface area contributed by atoms with Gasteiger partial charge in [0.25, 0.3) is 0 Å². The Hall–Kier alpha value is -3.53. The lowest BCUT2D eigenvalue weighted by molar-refractivity contribution is -0.102. The van der Waals surface area contributed by atoms with Gasteiger partial charge < -0.3 is 23.7 Å². The van der Waals surface area contributed by atoms with E-state index < -0.39 is 0 Å². The van der Waals surface area contributed by atoms with Gasteiger partial charge in [-0.05, 0) is 49.1 Å². The molecule has 1 fully saturated rings. The molecule has 0 bridgehead atoms. The summed E-state index contributed by atoms with van der Waals surface area (Å²) in [6, 6.07) is 19.6. The van der Waals surface area contributed by atoms with Crippen LogP contribution in [0.3, 0.4) is 0 Å². The number of rotatable bonds is 9. The summed E-state index contributed by atoms with van der Waals surface area (Å²) < 4.78 is 28.9. The van der Waals surface area contributed by atoms with Crippen LogP contribution in [0.15, 0.2) is 60.7 Å². The first-order chi connectivity index (χ1) is 17.2. The van der Waals surface area contributed by atoms with Gasteiger partial charge in [0, 0.05) is 17.2 Å². The minimum atomic E-state index is -0.122. The highest BCUT2D eigenvalue weighted by Crippen LogP contribution is 2.28. The summed E-state index contributed by atoms with van der Waals surface area (Å²) >= 11 is 0. The molecular weight excluding hydrogens is 442 g/mol. The molecule has 0 aliphatic carbocycles. The minimum absolute atomic E-state index is 0.122. The van der Waals surface area contributed by atoms with Crippen LogP contribution >= 0.6 is 0 Å². The van der Waals surface area contributed by atoms with Crippen LogP contribution < -0.4 is 14.2 Å². The first-order valence-corrected chi connectivity index (χ1v) is 12.0. The standard InChI is InChI=1S/C29H31NO5/c1-3-26-27(15-12-22-10-13-24(14-11-22)32-4-2)30-29(35-21-25-20-31-16-17-33-25)18-28(26)34-19-23-8-6-5-7-9-23/h5-11,13-14,18,25H,3-4,16-17,19-21H2,1-2H3. The van der Waals surface area contributed by atoms with Crippen molar-refractivity contribution in [3.63, 3.8) is 0 Å². The van der Waals surface area contributed by atoms with Crippen LogP contribution in [-0.2, 0) is 22.5 Å². The Bertz CT molecular complexity index is 1130. The number of aromatic nitrogens is 1. The van der Waals surface area contributed by atoms with E-state index in [2.05, 4.69) is 18.8 Å². The van der Waals surface area contributed by atoms with Crippen LogP contribution in [0.25, 0.3) is 0 Å². The van der Waals surface area contributed by atoms with E-state index in [-0.39, 0.29) is 6.10 Å². The molecule has 0 radical (unpaired) electrons. The molecule has 182 valence electrons. The maximum absolute atomic E-state index is 6.22. The van der Waals surface area contributed by atoms with Crippen molar-refractivity contribution in [2.45, 2.75) is 33.0 Å². The van der Waals surface area contributed by atoms with Gasteiger partial charge in [-0.25, -0.2) is 4.98 Å². The molecule has 1 unspecified atom stereocenters. The molecule has 0 N–H and O–H groups in total. The SMILES string of the molecule is CCOc1ccc(C#Cc2nc(OCC3COCCO3)cc(OCc3ccccc3)c2CC)cc1. The maximum Gasteiger partial charge on any atom is 0.218 e. The molecule has 1 aromatic heterocycles. The molecule has 6 nitrogen and oxygen atoms in total. The summed E-state index contributed by atoms with van der Waals surface area (Å²) in [7, 11) is 0. The van der Waals surface area contributed by atoms with Crippen LogP contribution in [0.5, 0.6) is 17.4 Å². The van der Waals surface area contributed by atoms with Gasteiger partial charge in [-0.15, -0.1) is 0 Å². The Morgan fingerprint density at radius 2 is 1.77 bits per heavy atom. The van der Waals surface area contributed by atoms with E-state index >= 15 is 0 Å². The third-order valence-electron chi connectivity index (χ3n) is 5.44. The molecule has 1 atom stereocenters. The fourth-order valence-electron chi connectivity index (χ4n) is 3.65. The Labute approximate surface area is 207 Å². The van der Waals surface area contributed by atoms with Crippen molar-refractivity contribution in [1.82, 2.24) is 4.98 Å². The molecule has 1 aliphatic rings. The normalized spacial score (nSPS) is 15.1. The van der Waals surface area contributed by atoms with Crippen LogP contribution in [0.2, 0.25) is 0 Å². The summed E-state index contributed by atoms with van der Waals surface area (Å²) in [5, 5.41) is 0. The predicted molar refractivity (Wildman–Crippen MR) is 134 cm³/mol. The number of nitrogens with zero attached hydrogens (tertiary/aromatic N) is 1. The number of ether oxygens (including phenoxy) is 5. The highest BCUT2D eigenvalue weighted by Gasteiger charge is 2.17. The van der Waals surface area contributed by atoms with Crippen molar-refractivity contribution in [2.75, 3.05) is 33.0 Å². The number of hydrogen-bond donors (Lipinski definition) is 0. The van der Waals surface area contributed by atoms with Crippen LogP contribution in [0.1, 0.15) is 36.2 Å². The van der Waals surface area contributed by atoms with Gasteiger partial charge in [0.05, 0.1) is 26.4 Å². The number of benzene rings is 2. The lowest BCUT2D eigenvalue weighted by atomic mass is 10.1. The zero-order valence-electron chi connectivity index (χ0n) is 20.3. The molecule has 0 spiro atoms. The van der Waals surface area contributed by atoms with Gasteiger partial charge in [-0.3, -0.25) is 0 Å². The maximum atomic E-state index is 6.22. The van der Waals surface area contributed by atoms with Crippen LogP contribution in [-0.4, -0.2) is 44.1 Å². The first-order valence-electron chi connectivity index (χ1n) is 12.0.